The minimum absolute atomic E-state index is 0.0635. The highest BCUT2D eigenvalue weighted by Gasteiger charge is 2.45. The summed E-state index contributed by atoms with van der Waals surface area (Å²) in [6, 6.07) is -0.784. The van der Waals surface area contributed by atoms with Gasteiger partial charge in [-0.25, -0.2) is 0 Å². The lowest BCUT2D eigenvalue weighted by molar-refractivity contribution is -0.250. The molecule has 2 aliphatic rings. The lowest BCUT2D eigenvalue weighted by Gasteiger charge is -2.45. The van der Waals surface area contributed by atoms with Gasteiger partial charge in [-0.15, -0.1) is 0 Å². The van der Waals surface area contributed by atoms with Gasteiger partial charge in [-0.1, -0.05) is 0 Å². The van der Waals surface area contributed by atoms with Crippen LogP contribution in [0, 0.1) is 0 Å². The van der Waals surface area contributed by atoms with Crippen LogP contribution in [0.4, 0.5) is 0 Å². The minimum atomic E-state index is -0.783. The Balaban J connectivity index is 2.02. The lowest BCUT2D eigenvalue weighted by Crippen LogP contribution is -2.65. The maximum absolute atomic E-state index is 10.6. The molecule has 8 atom stereocenters. The van der Waals surface area contributed by atoms with Crippen molar-refractivity contribution < 1.29 is 19.3 Å². The molecule has 2 fully saturated rings. The number of methoxy groups -OCH3 is 1. The number of likely N-dealkylation sites (N-methyl/N-ethyl adjacent to an activating group) is 2. The van der Waals surface area contributed by atoms with E-state index in [0.717, 1.165) is 19.4 Å². The topological polar surface area (TPSA) is 124 Å². The van der Waals surface area contributed by atoms with E-state index in [0.29, 0.717) is 6.42 Å². The highest BCUT2D eigenvalue weighted by molar-refractivity contribution is 5.00. The Morgan fingerprint density at radius 2 is 1.96 bits per heavy atom. The third-order valence-corrected chi connectivity index (χ3v) is 4.89. The molecule has 0 aromatic carbocycles. The van der Waals surface area contributed by atoms with E-state index in [2.05, 4.69) is 10.6 Å². The molecule has 136 valence electrons. The number of rotatable bonds is 6. The number of ether oxygens (including phenoxy) is 3. The highest BCUT2D eigenvalue weighted by Crippen LogP contribution is 2.27. The zero-order chi connectivity index (χ0) is 17.0. The zero-order valence-corrected chi connectivity index (χ0v) is 14.3. The Morgan fingerprint density at radius 1 is 1.22 bits per heavy atom. The number of hydrogen-bond donors (Lipinski definition) is 5. The Morgan fingerprint density at radius 3 is 2.57 bits per heavy atom. The van der Waals surface area contributed by atoms with Crippen molar-refractivity contribution in [1.82, 2.24) is 10.6 Å². The van der Waals surface area contributed by atoms with E-state index in [4.69, 9.17) is 25.7 Å². The maximum atomic E-state index is 10.6. The monoisotopic (exact) mass is 332 g/mol. The van der Waals surface area contributed by atoms with Gasteiger partial charge in [0.1, 0.15) is 6.10 Å². The van der Waals surface area contributed by atoms with Gasteiger partial charge >= 0.3 is 0 Å². The van der Waals surface area contributed by atoms with Crippen molar-refractivity contribution in [1.29, 1.82) is 0 Å². The lowest BCUT2D eigenvalue weighted by atomic mass is 9.84. The first-order chi connectivity index (χ1) is 11.0. The summed E-state index contributed by atoms with van der Waals surface area (Å²) in [6.45, 7) is 0.747. The summed E-state index contributed by atoms with van der Waals surface area (Å²) in [5, 5.41) is 16.8. The standard InChI is InChI=1S/C15H32N4O4/c1-18-7-8-4-5-9(16)15(22-8)23-14-10(17)6-11(21-3)12(19-2)13(14)20/h8-15,18-20H,4-7,16-17H2,1-3H3/t8-,9+,10-,11-,12-,13+,14+,15+/m0/s1. The third-order valence-electron chi connectivity index (χ3n) is 4.89. The fraction of sp³-hybridized carbons (Fsp3) is 1.00. The van der Waals surface area contributed by atoms with Gasteiger partial charge in [0, 0.05) is 19.7 Å². The number of nitrogens with one attached hydrogen (secondary N) is 2. The highest BCUT2D eigenvalue weighted by atomic mass is 16.7. The summed E-state index contributed by atoms with van der Waals surface area (Å²) >= 11 is 0. The minimum Gasteiger partial charge on any atom is -0.389 e. The fourth-order valence-corrected chi connectivity index (χ4v) is 3.55. The quantitative estimate of drug-likeness (QED) is 0.383. The molecule has 1 saturated carbocycles. The maximum Gasteiger partial charge on any atom is 0.173 e. The van der Waals surface area contributed by atoms with Crippen molar-refractivity contribution in [3.05, 3.63) is 0 Å². The van der Waals surface area contributed by atoms with Crippen LogP contribution in [0.1, 0.15) is 19.3 Å². The van der Waals surface area contributed by atoms with Crippen molar-refractivity contribution in [2.75, 3.05) is 27.7 Å². The second-order valence-electron chi connectivity index (χ2n) is 6.50. The van der Waals surface area contributed by atoms with E-state index in [-0.39, 0.29) is 30.3 Å². The van der Waals surface area contributed by atoms with Crippen LogP contribution in [0.3, 0.4) is 0 Å². The summed E-state index contributed by atoms with van der Waals surface area (Å²) in [6.07, 6.45) is 0.362. The fourth-order valence-electron chi connectivity index (χ4n) is 3.55. The molecule has 0 radical (unpaired) electrons. The molecule has 0 aromatic heterocycles. The first kappa shape index (κ1) is 19.0. The predicted molar refractivity (Wildman–Crippen MR) is 86.9 cm³/mol. The van der Waals surface area contributed by atoms with Gasteiger partial charge in [0.15, 0.2) is 6.29 Å². The second kappa shape index (κ2) is 8.68. The van der Waals surface area contributed by atoms with E-state index in [9.17, 15) is 5.11 Å². The van der Waals surface area contributed by atoms with Crippen LogP contribution in [0.25, 0.3) is 0 Å². The van der Waals surface area contributed by atoms with E-state index in [1.54, 1.807) is 14.2 Å². The van der Waals surface area contributed by atoms with Crippen LogP contribution < -0.4 is 22.1 Å². The van der Waals surface area contributed by atoms with Crippen LogP contribution in [0.5, 0.6) is 0 Å². The molecule has 1 aliphatic carbocycles. The van der Waals surface area contributed by atoms with Gasteiger partial charge in [-0.3, -0.25) is 0 Å². The van der Waals surface area contributed by atoms with Gasteiger partial charge in [0.25, 0.3) is 0 Å². The van der Waals surface area contributed by atoms with Gasteiger partial charge < -0.3 is 41.4 Å². The van der Waals surface area contributed by atoms with Gasteiger partial charge in [0.2, 0.25) is 0 Å². The molecule has 0 amide bonds. The van der Waals surface area contributed by atoms with Crippen LogP contribution in [-0.2, 0) is 14.2 Å². The zero-order valence-electron chi connectivity index (χ0n) is 14.3. The number of nitrogens with two attached hydrogens (primary N) is 2. The van der Waals surface area contributed by atoms with Crippen LogP contribution in [0.15, 0.2) is 0 Å². The second-order valence-corrected chi connectivity index (χ2v) is 6.50. The Labute approximate surface area is 138 Å². The first-order valence-electron chi connectivity index (χ1n) is 8.36. The normalized spacial score (nSPS) is 45.1. The molecule has 0 unspecified atom stereocenters. The summed E-state index contributed by atoms with van der Waals surface area (Å²) < 4.78 is 17.4. The van der Waals surface area contributed by atoms with E-state index >= 15 is 0 Å². The number of aliphatic hydroxyl groups excluding tert-OH is 1. The Kier molecular flexibility index (Phi) is 7.18. The number of aliphatic hydroxyl groups is 1. The van der Waals surface area contributed by atoms with Crippen molar-refractivity contribution in [3.63, 3.8) is 0 Å². The Hall–Kier alpha value is -0.320. The Bertz CT molecular complexity index is 362. The van der Waals surface area contributed by atoms with E-state index in [1.165, 1.54) is 0 Å². The van der Waals surface area contributed by atoms with E-state index < -0.39 is 18.5 Å². The average molecular weight is 332 g/mol. The molecular formula is C15H32N4O4. The van der Waals surface area contributed by atoms with Gasteiger partial charge in [0.05, 0.1) is 30.4 Å². The molecule has 1 heterocycles. The van der Waals surface area contributed by atoms with Crippen LogP contribution in [0.2, 0.25) is 0 Å². The van der Waals surface area contributed by atoms with Gasteiger partial charge in [-0.2, -0.15) is 0 Å². The molecule has 7 N–H and O–H groups in total. The third kappa shape index (κ3) is 4.40. The summed E-state index contributed by atoms with van der Waals surface area (Å²) in [7, 11) is 5.30. The largest absolute Gasteiger partial charge is 0.389 e. The first-order valence-corrected chi connectivity index (χ1v) is 8.36. The molecule has 8 heteroatoms. The molecule has 1 aliphatic heterocycles. The van der Waals surface area contributed by atoms with Crippen molar-refractivity contribution >= 4 is 0 Å². The summed E-state index contributed by atoms with van der Waals surface area (Å²) in [4.78, 5) is 0. The predicted octanol–water partition coefficient (Wildman–Crippen LogP) is -1.88. The number of hydrogen-bond acceptors (Lipinski definition) is 8. The summed E-state index contributed by atoms with van der Waals surface area (Å²) in [5.74, 6) is 0. The molecule has 8 nitrogen and oxygen atoms in total. The molecule has 2 rings (SSSR count). The van der Waals surface area contributed by atoms with Gasteiger partial charge in [-0.05, 0) is 33.4 Å². The van der Waals surface area contributed by atoms with Crippen molar-refractivity contribution in [2.45, 2.75) is 68.1 Å². The van der Waals surface area contributed by atoms with E-state index in [1.807, 2.05) is 7.05 Å². The van der Waals surface area contributed by atoms with Crippen LogP contribution in [-0.4, -0.2) is 81.7 Å². The SMILES string of the molecule is CNC[C@@H]1CC[C@@H](N)[C@@H](O[C@H]2[C@H](O)[C@@H](NC)[C@@H](OC)C[C@@H]2N)O1. The molecule has 0 spiro atoms. The molecule has 0 aromatic rings. The summed E-state index contributed by atoms with van der Waals surface area (Å²) in [5.41, 5.74) is 12.3. The smallest absolute Gasteiger partial charge is 0.173 e. The molecule has 23 heavy (non-hydrogen) atoms. The van der Waals surface area contributed by atoms with Crippen LogP contribution >= 0.6 is 0 Å². The molecular weight excluding hydrogens is 300 g/mol. The molecule has 1 saturated heterocycles. The average Bonchev–Trinajstić information content (AvgIpc) is 2.53. The van der Waals surface area contributed by atoms with Crippen molar-refractivity contribution in [2.24, 2.45) is 11.5 Å². The molecule has 0 bridgehead atoms. The van der Waals surface area contributed by atoms with Crippen molar-refractivity contribution in [3.8, 4) is 0 Å².